The molecule has 4 rings (SSSR count). The summed E-state index contributed by atoms with van der Waals surface area (Å²) in [6.07, 6.45) is 5.74. The summed E-state index contributed by atoms with van der Waals surface area (Å²) in [5, 5.41) is 2.85. The fraction of sp³-hybridized carbons (Fsp3) is 0.400. The molecule has 8 nitrogen and oxygen atoms in total. The van der Waals surface area contributed by atoms with E-state index in [0.717, 1.165) is 29.7 Å². The van der Waals surface area contributed by atoms with Crippen LogP contribution >= 0.6 is 0 Å². The van der Waals surface area contributed by atoms with E-state index in [1.54, 1.807) is 36.8 Å². The van der Waals surface area contributed by atoms with E-state index in [2.05, 4.69) is 10.3 Å². The smallest absolute Gasteiger partial charge is 0.243 e. The van der Waals surface area contributed by atoms with Crippen LogP contribution in [0.2, 0.25) is 0 Å². The molecule has 0 saturated carbocycles. The maximum Gasteiger partial charge on any atom is 0.243 e. The number of imidazole rings is 1. The highest BCUT2D eigenvalue weighted by Gasteiger charge is 2.27. The second-order valence-electron chi connectivity index (χ2n) is 7.26. The van der Waals surface area contributed by atoms with Gasteiger partial charge >= 0.3 is 0 Å². The van der Waals surface area contributed by atoms with E-state index >= 15 is 0 Å². The molecule has 9 heteroatoms. The van der Waals surface area contributed by atoms with Gasteiger partial charge in [0, 0.05) is 45.1 Å². The first-order valence-electron chi connectivity index (χ1n) is 9.68. The van der Waals surface area contributed by atoms with Gasteiger partial charge in [-0.05, 0) is 37.1 Å². The Hall–Kier alpha value is -2.65. The number of aromatic nitrogens is 2. The standard InChI is InChI=1S/C20H24N4O4S/c1-23-18-5-4-16(29(26,27)24-9-2-3-10-24)12-17(18)22-19(23)6-7-20(25)21-13-15-8-11-28-14-15/h4-5,8,11-12,14H,2-3,6-7,9-10,13H2,1H3,(H,21,25). The molecule has 2 aromatic heterocycles. The zero-order valence-corrected chi connectivity index (χ0v) is 17.1. The Balaban J connectivity index is 1.46. The van der Waals surface area contributed by atoms with Crippen molar-refractivity contribution in [2.45, 2.75) is 37.1 Å². The molecule has 1 N–H and O–H groups in total. The summed E-state index contributed by atoms with van der Waals surface area (Å²) in [4.78, 5) is 17.0. The molecule has 1 aliphatic heterocycles. The summed E-state index contributed by atoms with van der Waals surface area (Å²) in [7, 11) is -1.60. The number of rotatable bonds is 7. The Labute approximate surface area is 169 Å². The number of benzene rings is 1. The van der Waals surface area contributed by atoms with E-state index in [-0.39, 0.29) is 10.8 Å². The molecule has 1 amide bonds. The number of hydrogen-bond acceptors (Lipinski definition) is 5. The van der Waals surface area contributed by atoms with Crippen molar-refractivity contribution in [2.75, 3.05) is 13.1 Å². The van der Waals surface area contributed by atoms with Crippen molar-refractivity contribution in [2.24, 2.45) is 7.05 Å². The molecule has 29 heavy (non-hydrogen) atoms. The number of hydrogen-bond donors (Lipinski definition) is 1. The van der Waals surface area contributed by atoms with Gasteiger partial charge in [-0.25, -0.2) is 13.4 Å². The number of sulfonamides is 1. The predicted molar refractivity (Wildman–Crippen MR) is 108 cm³/mol. The second-order valence-corrected chi connectivity index (χ2v) is 9.20. The lowest BCUT2D eigenvalue weighted by Crippen LogP contribution is -2.27. The number of amides is 1. The van der Waals surface area contributed by atoms with Gasteiger partial charge in [0.1, 0.15) is 5.82 Å². The van der Waals surface area contributed by atoms with E-state index in [4.69, 9.17) is 4.42 Å². The van der Waals surface area contributed by atoms with Crippen LogP contribution in [0.25, 0.3) is 11.0 Å². The van der Waals surface area contributed by atoms with Crippen molar-refractivity contribution in [1.82, 2.24) is 19.2 Å². The number of nitrogens with zero attached hydrogens (tertiary/aromatic N) is 3. The first-order chi connectivity index (χ1) is 13.9. The lowest BCUT2D eigenvalue weighted by atomic mass is 10.2. The maximum absolute atomic E-state index is 12.8. The molecular weight excluding hydrogens is 392 g/mol. The minimum atomic E-state index is -3.48. The predicted octanol–water partition coefficient (Wildman–Crippen LogP) is 2.20. The summed E-state index contributed by atoms with van der Waals surface area (Å²) in [6.45, 7) is 1.57. The quantitative estimate of drug-likeness (QED) is 0.637. The van der Waals surface area contributed by atoms with Gasteiger partial charge in [-0.3, -0.25) is 4.79 Å². The van der Waals surface area contributed by atoms with Crippen LogP contribution in [0.3, 0.4) is 0 Å². The normalized spacial score (nSPS) is 15.2. The van der Waals surface area contributed by atoms with Crippen LogP contribution in [0.15, 0.2) is 46.1 Å². The fourth-order valence-electron chi connectivity index (χ4n) is 3.60. The monoisotopic (exact) mass is 416 g/mol. The van der Waals surface area contributed by atoms with Crippen LogP contribution in [-0.2, 0) is 34.8 Å². The zero-order valence-electron chi connectivity index (χ0n) is 16.3. The topological polar surface area (TPSA) is 97.4 Å². The lowest BCUT2D eigenvalue weighted by Gasteiger charge is -2.15. The first kappa shape index (κ1) is 19.7. The highest BCUT2D eigenvalue weighted by Crippen LogP contribution is 2.25. The molecule has 1 fully saturated rings. The largest absolute Gasteiger partial charge is 0.472 e. The minimum Gasteiger partial charge on any atom is -0.472 e. The number of carbonyl (C=O) groups is 1. The molecule has 154 valence electrons. The van der Waals surface area contributed by atoms with E-state index in [1.807, 2.05) is 11.6 Å². The summed E-state index contributed by atoms with van der Waals surface area (Å²) in [5.74, 6) is 0.671. The summed E-state index contributed by atoms with van der Waals surface area (Å²) >= 11 is 0. The first-order valence-corrected chi connectivity index (χ1v) is 11.1. The van der Waals surface area contributed by atoms with Crippen LogP contribution in [0, 0.1) is 0 Å². The third-order valence-corrected chi connectivity index (χ3v) is 7.19. The Kier molecular flexibility index (Phi) is 5.42. The van der Waals surface area contributed by atoms with Crippen molar-refractivity contribution in [3.8, 4) is 0 Å². The molecule has 0 unspecified atom stereocenters. The summed E-state index contributed by atoms with van der Waals surface area (Å²) in [6, 6.07) is 6.86. The average Bonchev–Trinajstić information content (AvgIpc) is 3.46. The second kappa shape index (κ2) is 8.00. The molecule has 1 aliphatic rings. The number of fused-ring (bicyclic) bond motifs is 1. The highest BCUT2D eigenvalue weighted by atomic mass is 32.2. The minimum absolute atomic E-state index is 0.0736. The van der Waals surface area contributed by atoms with Crippen molar-refractivity contribution in [3.63, 3.8) is 0 Å². The van der Waals surface area contributed by atoms with Crippen LogP contribution in [0.4, 0.5) is 0 Å². The molecule has 0 bridgehead atoms. The van der Waals surface area contributed by atoms with Crippen LogP contribution < -0.4 is 5.32 Å². The van der Waals surface area contributed by atoms with Gasteiger partial charge in [0.05, 0.1) is 28.5 Å². The zero-order chi connectivity index (χ0) is 20.4. The number of aryl methyl sites for hydroxylation is 2. The number of nitrogens with one attached hydrogen (secondary N) is 1. The van der Waals surface area contributed by atoms with Crippen molar-refractivity contribution < 1.29 is 17.6 Å². The molecule has 0 radical (unpaired) electrons. The molecule has 1 saturated heterocycles. The van der Waals surface area contributed by atoms with E-state index in [0.29, 0.717) is 38.0 Å². The van der Waals surface area contributed by atoms with E-state index < -0.39 is 10.0 Å². The molecular formula is C20H24N4O4S. The fourth-order valence-corrected chi connectivity index (χ4v) is 5.14. The average molecular weight is 417 g/mol. The summed E-state index contributed by atoms with van der Waals surface area (Å²) < 4.78 is 34.0. The number of carbonyl (C=O) groups excluding carboxylic acids is 1. The van der Waals surface area contributed by atoms with Crippen LogP contribution in [-0.4, -0.2) is 41.3 Å². The van der Waals surface area contributed by atoms with Crippen molar-refractivity contribution >= 4 is 27.0 Å². The molecule has 3 aromatic rings. The SMILES string of the molecule is Cn1c(CCC(=O)NCc2ccoc2)nc2cc(S(=O)(=O)N3CCCC3)ccc21. The highest BCUT2D eigenvalue weighted by molar-refractivity contribution is 7.89. The lowest BCUT2D eigenvalue weighted by molar-refractivity contribution is -0.121. The van der Waals surface area contributed by atoms with Gasteiger partial charge in [0.25, 0.3) is 0 Å². The van der Waals surface area contributed by atoms with Gasteiger partial charge < -0.3 is 14.3 Å². The van der Waals surface area contributed by atoms with Crippen molar-refractivity contribution in [3.05, 3.63) is 48.2 Å². The molecule has 0 atom stereocenters. The van der Waals surface area contributed by atoms with Crippen LogP contribution in [0.5, 0.6) is 0 Å². The Morgan fingerprint density at radius 2 is 2.03 bits per heavy atom. The van der Waals surface area contributed by atoms with Gasteiger partial charge in [-0.1, -0.05) is 0 Å². The van der Waals surface area contributed by atoms with Crippen molar-refractivity contribution in [1.29, 1.82) is 0 Å². The van der Waals surface area contributed by atoms with Gasteiger partial charge in [-0.15, -0.1) is 0 Å². The molecule has 1 aromatic carbocycles. The van der Waals surface area contributed by atoms with Gasteiger partial charge in [-0.2, -0.15) is 4.31 Å². The van der Waals surface area contributed by atoms with E-state index in [9.17, 15) is 13.2 Å². The Morgan fingerprint density at radius 3 is 2.76 bits per heavy atom. The summed E-state index contributed by atoms with van der Waals surface area (Å²) in [5.41, 5.74) is 2.38. The number of furan rings is 1. The van der Waals surface area contributed by atoms with Gasteiger partial charge in [0.15, 0.2) is 0 Å². The van der Waals surface area contributed by atoms with Crippen LogP contribution in [0.1, 0.15) is 30.7 Å². The third-order valence-electron chi connectivity index (χ3n) is 5.29. The molecule has 3 heterocycles. The van der Waals surface area contributed by atoms with E-state index in [1.165, 1.54) is 4.31 Å². The third kappa shape index (κ3) is 4.06. The maximum atomic E-state index is 12.8. The Bertz CT molecular complexity index is 1110. The van der Waals surface area contributed by atoms with Gasteiger partial charge in [0.2, 0.25) is 15.9 Å². The Morgan fingerprint density at radius 1 is 1.24 bits per heavy atom. The molecule has 0 spiro atoms. The molecule has 0 aliphatic carbocycles.